The highest BCUT2D eigenvalue weighted by atomic mass is 79.9. The molecule has 0 spiro atoms. The van der Waals surface area contributed by atoms with E-state index in [2.05, 4.69) is 46.1 Å². The summed E-state index contributed by atoms with van der Waals surface area (Å²) in [5, 5.41) is 3.38. The van der Waals surface area contributed by atoms with Crippen LogP contribution < -0.4 is 5.32 Å². The van der Waals surface area contributed by atoms with Crippen LogP contribution in [0.15, 0.2) is 22.7 Å². The molecule has 0 amide bonds. The summed E-state index contributed by atoms with van der Waals surface area (Å²) in [7, 11) is 0. The SMILES string of the molecule is CC(C)CC[C@@H](c1cc(F)cc(Br)c1)N1CCNCC1.Cl.Cl. The van der Waals surface area contributed by atoms with Crippen LogP contribution in [-0.2, 0) is 0 Å². The van der Waals surface area contributed by atoms with Gasteiger partial charge in [0.25, 0.3) is 0 Å². The Labute approximate surface area is 154 Å². The Balaban J connectivity index is 0.00000220. The number of nitrogens with zero attached hydrogens (tertiary/aromatic N) is 1. The summed E-state index contributed by atoms with van der Waals surface area (Å²) in [6, 6.07) is 5.61. The number of benzene rings is 1. The molecule has 22 heavy (non-hydrogen) atoms. The Bertz CT molecular complexity index is 420. The van der Waals surface area contributed by atoms with Crippen molar-refractivity contribution < 1.29 is 4.39 Å². The van der Waals surface area contributed by atoms with Crippen molar-refractivity contribution in [3.05, 3.63) is 34.1 Å². The first kappa shape index (κ1) is 22.1. The standard InChI is InChI=1S/C16H24BrFN2.2ClH/c1-12(2)3-4-16(20-7-5-19-6-8-20)13-9-14(17)11-15(18)10-13;;/h9-12,16,19H,3-8H2,1-2H3;2*1H/t16-;;/m0../s1. The smallest absolute Gasteiger partial charge is 0.124 e. The lowest BCUT2D eigenvalue weighted by Crippen LogP contribution is -2.45. The molecule has 0 aromatic heterocycles. The largest absolute Gasteiger partial charge is 0.314 e. The Morgan fingerprint density at radius 1 is 1.14 bits per heavy atom. The van der Waals surface area contributed by atoms with Crippen LogP contribution in [0.25, 0.3) is 0 Å². The molecule has 1 aromatic carbocycles. The van der Waals surface area contributed by atoms with Crippen LogP contribution in [0.4, 0.5) is 4.39 Å². The Hall–Kier alpha value is 0.130. The van der Waals surface area contributed by atoms with E-state index in [0.29, 0.717) is 12.0 Å². The molecular weight excluding hydrogens is 390 g/mol. The summed E-state index contributed by atoms with van der Waals surface area (Å²) in [6.07, 6.45) is 2.26. The molecule has 1 aromatic rings. The zero-order chi connectivity index (χ0) is 14.5. The number of piperazine rings is 1. The highest BCUT2D eigenvalue weighted by Gasteiger charge is 2.23. The molecule has 0 saturated carbocycles. The van der Waals surface area contributed by atoms with Crippen LogP contribution in [0, 0.1) is 11.7 Å². The lowest BCUT2D eigenvalue weighted by molar-refractivity contribution is 0.159. The topological polar surface area (TPSA) is 15.3 Å². The predicted molar refractivity (Wildman–Crippen MR) is 99.9 cm³/mol. The van der Waals surface area contributed by atoms with Gasteiger partial charge in [0.05, 0.1) is 0 Å². The maximum absolute atomic E-state index is 13.7. The number of hydrogen-bond donors (Lipinski definition) is 1. The second-order valence-electron chi connectivity index (χ2n) is 5.98. The lowest BCUT2D eigenvalue weighted by atomic mass is 9.95. The second-order valence-corrected chi connectivity index (χ2v) is 6.89. The molecule has 1 atom stereocenters. The Morgan fingerprint density at radius 3 is 2.32 bits per heavy atom. The van der Waals surface area contributed by atoms with Crippen LogP contribution in [-0.4, -0.2) is 31.1 Å². The van der Waals surface area contributed by atoms with Gasteiger partial charge in [-0.25, -0.2) is 4.39 Å². The van der Waals surface area contributed by atoms with Crippen LogP contribution in [0.5, 0.6) is 0 Å². The highest BCUT2D eigenvalue weighted by Crippen LogP contribution is 2.30. The quantitative estimate of drug-likeness (QED) is 0.741. The number of nitrogens with one attached hydrogen (secondary N) is 1. The number of halogens is 4. The minimum atomic E-state index is -0.154. The van der Waals surface area contributed by atoms with Crippen molar-refractivity contribution in [3.8, 4) is 0 Å². The third-order valence-electron chi connectivity index (χ3n) is 3.88. The van der Waals surface area contributed by atoms with Gasteiger partial charge in [0.1, 0.15) is 5.82 Å². The molecule has 0 radical (unpaired) electrons. The second kappa shape index (κ2) is 10.8. The molecule has 1 heterocycles. The van der Waals surface area contributed by atoms with Crippen LogP contribution >= 0.6 is 40.7 Å². The first-order chi connectivity index (χ1) is 9.56. The van der Waals surface area contributed by atoms with Crippen molar-refractivity contribution in [1.29, 1.82) is 0 Å². The van der Waals surface area contributed by atoms with E-state index in [0.717, 1.165) is 42.6 Å². The van der Waals surface area contributed by atoms with E-state index in [9.17, 15) is 4.39 Å². The van der Waals surface area contributed by atoms with E-state index in [-0.39, 0.29) is 30.6 Å². The molecule has 0 unspecified atom stereocenters. The van der Waals surface area contributed by atoms with Gasteiger partial charge >= 0.3 is 0 Å². The van der Waals surface area contributed by atoms with E-state index in [1.807, 2.05) is 0 Å². The molecule has 6 heteroatoms. The number of rotatable bonds is 5. The Kier molecular flexibility index (Phi) is 10.9. The third-order valence-corrected chi connectivity index (χ3v) is 4.34. The van der Waals surface area contributed by atoms with Crippen LogP contribution in [0.1, 0.15) is 38.3 Å². The van der Waals surface area contributed by atoms with E-state index >= 15 is 0 Å². The molecule has 1 N–H and O–H groups in total. The van der Waals surface area contributed by atoms with Crippen molar-refractivity contribution >= 4 is 40.7 Å². The molecule has 1 fully saturated rings. The van der Waals surface area contributed by atoms with Gasteiger partial charge in [0.2, 0.25) is 0 Å². The van der Waals surface area contributed by atoms with Crippen molar-refractivity contribution in [2.45, 2.75) is 32.7 Å². The third kappa shape index (κ3) is 6.71. The molecule has 1 saturated heterocycles. The van der Waals surface area contributed by atoms with Crippen LogP contribution in [0.3, 0.4) is 0 Å². The predicted octanol–water partition coefficient (Wildman–Crippen LogP) is 4.81. The molecule has 128 valence electrons. The van der Waals surface area contributed by atoms with Crippen molar-refractivity contribution in [3.63, 3.8) is 0 Å². The van der Waals surface area contributed by atoms with E-state index < -0.39 is 0 Å². The highest BCUT2D eigenvalue weighted by molar-refractivity contribution is 9.10. The fourth-order valence-electron chi connectivity index (χ4n) is 2.81. The summed E-state index contributed by atoms with van der Waals surface area (Å²) in [6.45, 7) is 8.61. The summed E-state index contributed by atoms with van der Waals surface area (Å²) in [5.41, 5.74) is 1.10. The molecule has 0 bridgehead atoms. The minimum Gasteiger partial charge on any atom is -0.314 e. The fraction of sp³-hybridized carbons (Fsp3) is 0.625. The van der Waals surface area contributed by atoms with Crippen molar-refractivity contribution in [2.24, 2.45) is 5.92 Å². The lowest BCUT2D eigenvalue weighted by Gasteiger charge is -2.35. The summed E-state index contributed by atoms with van der Waals surface area (Å²) in [4.78, 5) is 2.49. The summed E-state index contributed by atoms with van der Waals surface area (Å²) in [5.74, 6) is 0.525. The maximum Gasteiger partial charge on any atom is 0.124 e. The van der Waals surface area contributed by atoms with Gasteiger partial charge in [-0.2, -0.15) is 0 Å². The molecule has 1 aliphatic heterocycles. The first-order valence-corrected chi connectivity index (χ1v) is 8.26. The van der Waals surface area contributed by atoms with Gasteiger partial charge in [-0.1, -0.05) is 29.8 Å². The van der Waals surface area contributed by atoms with E-state index in [1.165, 1.54) is 12.5 Å². The zero-order valence-electron chi connectivity index (χ0n) is 13.1. The van der Waals surface area contributed by atoms with Gasteiger partial charge < -0.3 is 5.32 Å². The molecule has 2 nitrogen and oxygen atoms in total. The zero-order valence-corrected chi connectivity index (χ0v) is 16.4. The number of hydrogen-bond acceptors (Lipinski definition) is 2. The van der Waals surface area contributed by atoms with Gasteiger partial charge in [-0.3, -0.25) is 4.90 Å². The van der Waals surface area contributed by atoms with Crippen molar-refractivity contribution in [2.75, 3.05) is 26.2 Å². The van der Waals surface area contributed by atoms with E-state index in [1.54, 1.807) is 6.07 Å². The maximum atomic E-state index is 13.7. The van der Waals surface area contributed by atoms with Crippen LogP contribution in [0.2, 0.25) is 0 Å². The average Bonchev–Trinajstić information content (AvgIpc) is 2.38. The minimum absolute atomic E-state index is 0. The molecular formula is C16H26BrCl2FN2. The molecule has 2 rings (SSSR count). The normalized spacial score (nSPS) is 16.8. The van der Waals surface area contributed by atoms with Crippen molar-refractivity contribution in [1.82, 2.24) is 10.2 Å². The average molecular weight is 416 g/mol. The Morgan fingerprint density at radius 2 is 1.77 bits per heavy atom. The van der Waals surface area contributed by atoms with E-state index in [4.69, 9.17) is 0 Å². The van der Waals surface area contributed by atoms with Gasteiger partial charge in [-0.05, 0) is 42.5 Å². The first-order valence-electron chi connectivity index (χ1n) is 7.47. The molecule has 0 aliphatic carbocycles. The fourth-order valence-corrected chi connectivity index (χ4v) is 3.30. The van der Waals surface area contributed by atoms with Gasteiger partial charge in [-0.15, -0.1) is 24.8 Å². The van der Waals surface area contributed by atoms with Gasteiger partial charge in [0, 0.05) is 36.7 Å². The monoisotopic (exact) mass is 414 g/mol. The van der Waals surface area contributed by atoms with Gasteiger partial charge in [0.15, 0.2) is 0 Å². The summed E-state index contributed by atoms with van der Waals surface area (Å²) < 4.78 is 14.5. The summed E-state index contributed by atoms with van der Waals surface area (Å²) >= 11 is 3.41. The molecule has 1 aliphatic rings.